The van der Waals surface area contributed by atoms with Crippen molar-refractivity contribution in [2.24, 2.45) is 17.8 Å². The lowest BCUT2D eigenvalue weighted by atomic mass is 9.87. The molecule has 1 amide bonds. The van der Waals surface area contributed by atoms with Crippen LogP contribution in [0.25, 0.3) is 0 Å². The van der Waals surface area contributed by atoms with E-state index in [1.54, 1.807) is 0 Å². The molecule has 2 aliphatic carbocycles. The summed E-state index contributed by atoms with van der Waals surface area (Å²) in [5.74, 6) is 2.62. The lowest BCUT2D eigenvalue weighted by molar-refractivity contribution is -0.145. The van der Waals surface area contributed by atoms with Crippen molar-refractivity contribution in [2.75, 3.05) is 25.6 Å². The number of amides is 1. The smallest absolute Gasteiger partial charge is 0.226 e. The zero-order chi connectivity index (χ0) is 11.8. The van der Waals surface area contributed by atoms with E-state index in [1.165, 1.54) is 19.3 Å². The lowest BCUT2D eigenvalue weighted by Crippen LogP contribution is -2.52. The van der Waals surface area contributed by atoms with Crippen LogP contribution in [0.15, 0.2) is 0 Å². The molecule has 0 N–H and O–H groups in total. The Morgan fingerprint density at radius 2 is 2.24 bits per heavy atom. The Morgan fingerprint density at radius 1 is 1.35 bits per heavy atom. The fourth-order valence-electron chi connectivity index (χ4n) is 3.83. The third-order valence-electron chi connectivity index (χ3n) is 4.74. The highest BCUT2D eigenvalue weighted by atomic mass is 35.5. The third kappa shape index (κ3) is 2.08. The van der Waals surface area contributed by atoms with Crippen LogP contribution in [0.3, 0.4) is 0 Å². The van der Waals surface area contributed by atoms with E-state index in [9.17, 15) is 4.79 Å². The summed E-state index contributed by atoms with van der Waals surface area (Å²) in [7, 11) is 0. The van der Waals surface area contributed by atoms with Gasteiger partial charge < -0.3 is 9.64 Å². The molecule has 96 valence electrons. The number of hydrogen-bond donors (Lipinski definition) is 0. The molecule has 0 aromatic rings. The molecular weight excluding hydrogens is 238 g/mol. The van der Waals surface area contributed by atoms with Gasteiger partial charge in [0.05, 0.1) is 19.3 Å². The van der Waals surface area contributed by atoms with Gasteiger partial charge in [0.15, 0.2) is 0 Å². The third-order valence-corrected chi connectivity index (χ3v) is 5.10. The molecule has 3 rings (SSSR count). The van der Waals surface area contributed by atoms with Crippen molar-refractivity contribution in [1.82, 2.24) is 4.90 Å². The van der Waals surface area contributed by atoms with Gasteiger partial charge in [-0.25, -0.2) is 0 Å². The number of fused-ring (bicyclic) bond motifs is 2. The lowest BCUT2D eigenvalue weighted by Gasteiger charge is -2.37. The molecule has 3 fully saturated rings. The minimum absolute atomic E-state index is 0.0945. The predicted molar refractivity (Wildman–Crippen MR) is 66.0 cm³/mol. The van der Waals surface area contributed by atoms with Crippen LogP contribution in [0.4, 0.5) is 0 Å². The maximum atomic E-state index is 12.6. The van der Waals surface area contributed by atoms with Crippen LogP contribution in [0, 0.1) is 17.8 Å². The van der Waals surface area contributed by atoms with Crippen molar-refractivity contribution < 1.29 is 9.53 Å². The van der Waals surface area contributed by atoms with Crippen molar-refractivity contribution in [3.8, 4) is 0 Å². The average molecular weight is 258 g/mol. The molecule has 1 aliphatic heterocycles. The highest BCUT2D eigenvalue weighted by Gasteiger charge is 2.45. The first-order valence-electron chi connectivity index (χ1n) is 6.73. The van der Waals surface area contributed by atoms with Gasteiger partial charge in [-0.05, 0) is 31.1 Å². The van der Waals surface area contributed by atoms with E-state index in [2.05, 4.69) is 0 Å². The van der Waals surface area contributed by atoms with Crippen molar-refractivity contribution >= 4 is 17.5 Å². The van der Waals surface area contributed by atoms with E-state index in [0.29, 0.717) is 30.9 Å². The van der Waals surface area contributed by atoms with Crippen molar-refractivity contribution in [3.63, 3.8) is 0 Å². The van der Waals surface area contributed by atoms with Gasteiger partial charge in [0, 0.05) is 18.3 Å². The fourth-order valence-corrected chi connectivity index (χ4v) is 4.09. The van der Waals surface area contributed by atoms with Gasteiger partial charge in [-0.1, -0.05) is 6.42 Å². The predicted octanol–water partition coefficient (Wildman–Crippen LogP) is 1.89. The van der Waals surface area contributed by atoms with Crippen LogP contribution in [0.5, 0.6) is 0 Å². The summed E-state index contributed by atoms with van der Waals surface area (Å²) in [6.45, 7) is 2.00. The van der Waals surface area contributed by atoms with Crippen LogP contribution in [0.2, 0.25) is 0 Å². The first-order valence-corrected chi connectivity index (χ1v) is 7.27. The maximum absolute atomic E-state index is 12.6. The second kappa shape index (κ2) is 4.77. The number of nitrogens with zero attached hydrogens (tertiary/aromatic N) is 1. The Kier molecular flexibility index (Phi) is 3.31. The topological polar surface area (TPSA) is 29.5 Å². The largest absolute Gasteiger partial charge is 0.377 e. The summed E-state index contributed by atoms with van der Waals surface area (Å²) >= 11 is 5.93. The molecule has 2 bridgehead atoms. The normalized spacial score (nSPS) is 40.9. The molecule has 0 radical (unpaired) electrons. The van der Waals surface area contributed by atoms with Crippen LogP contribution < -0.4 is 0 Å². The number of alkyl halides is 1. The number of hydrogen-bond acceptors (Lipinski definition) is 2. The molecule has 4 heteroatoms. The van der Waals surface area contributed by atoms with Gasteiger partial charge in [0.1, 0.15) is 0 Å². The van der Waals surface area contributed by atoms with E-state index in [1.807, 2.05) is 4.90 Å². The first-order chi connectivity index (χ1) is 8.29. The minimum atomic E-state index is 0.0945. The molecule has 1 saturated heterocycles. The first kappa shape index (κ1) is 11.8. The molecule has 2 saturated carbocycles. The van der Waals surface area contributed by atoms with E-state index in [-0.39, 0.29) is 12.0 Å². The molecule has 0 aromatic heterocycles. The summed E-state index contributed by atoms with van der Waals surface area (Å²) in [6.07, 6.45) is 5.01. The van der Waals surface area contributed by atoms with E-state index < -0.39 is 0 Å². The number of morpholine rings is 1. The van der Waals surface area contributed by atoms with E-state index in [0.717, 1.165) is 18.9 Å². The summed E-state index contributed by atoms with van der Waals surface area (Å²) in [5.41, 5.74) is 0. The molecule has 4 atom stereocenters. The summed E-state index contributed by atoms with van der Waals surface area (Å²) in [6, 6.07) is 0.0945. The number of ether oxygens (including phenoxy) is 1. The van der Waals surface area contributed by atoms with Crippen LogP contribution in [-0.2, 0) is 9.53 Å². The van der Waals surface area contributed by atoms with E-state index >= 15 is 0 Å². The van der Waals surface area contributed by atoms with Crippen LogP contribution in [0.1, 0.15) is 25.7 Å². The Hall–Kier alpha value is -0.280. The highest BCUT2D eigenvalue weighted by molar-refractivity contribution is 6.18. The van der Waals surface area contributed by atoms with Gasteiger partial charge in [0.2, 0.25) is 5.91 Å². The zero-order valence-corrected chi connectivity index (χ0v) is 10.9. The maximum Gasteiger partial charge on any atom is 0.226 e. The zero-order valence-electron chi connectivity index (χ0n) is 10.1. The summed E-state index contributed by atoms with van der Waals surface area (Å²) < 4.78 is 5.40. The van der Waals surface area contributed by atoms with Gasteiger partial charge in [0.25, 0.3) is 0 Å². The monoisotopic (exact) mass is 257 g/mol. The SMILES string of the molecule is O=C(C1CC2CCC1C2)N1CCOCC1CCl. The van der Waals surface area contributed by atoms with Crippen molar-refractivity contribution in [2.45, 2.75) is 31.7 Å². The molecule has 17 heavy (non-hydrogen) atoms. The Bertz CT molecular complexity index is 310. The molecule has 3 nitrogen and oxygen atoms in total. The molecular formula is C13H20ClNO2. The quantitative estimate of drug-likeness (QED) is 0.707. The summed E-state index contributed by atoms with van der Waals surface area (Å²) in [5, 5.41) is 0. The standard InChI is InChI=1S/C13H20ClNO2/c14-7-11-8-17-4-3-15(11)13(16)12-6-9-1-2-10(12)5-9/h9-12H,1-8H2. The Labute approximate surface area is 107 Å². The Morgan fingerprint density at radius 3 is 2.88 bits per heavy atom. The number of rotatable bonds is 2. The van der Waals surface area contributed by atoms with Gasteiger partial charge in [-0.3, -0.25) is 4.79 Å². The van der Waals surface area contributed by atoms with Crippen molar-refractivity contribution in [1.29, 1.82) is 0 Å². The van der Waals surface area contributed by atoms with Gasteiger partial charge in [-0.15, -0.1) is 11.6 Å². The molecule has 0 spiro atoms. The molecule has 0 aromatic carbocycles. The molecule has 1 heterocycles. The van der Waals surface area contributed by atoms with E-state index in [4.69, 9.17) is 16.3 Å². The van der Waals surface area contributed by atoms with Gasteiger partial charge in [-0.2, -0.15) is 0 Å². The fraction of sp³-hybridized carbons (Fsp3) is 0.923. The number of carbonyl (C=O) groups excluding carboxylic acids is 1. The molecule has 3 aliphatic rings. The summed E-state index contributed by atoms with van der Waals surface area (Å²) in [4.78, 5) is 14.6. The second-order valence-corrected chi connectivity index (χ2v) is 6.00. The minimum Gasteiger partial charge on any atom is -0.377 e. The average Bonchev–Trinajstić information content (AvgIpc) is 3.00. The number of halogens is 1. The molecule has 4 unspecified atom stereocenters. The number of carbonyl (C=O) groups is 1. The van der Waals surface area contributed by atoms with Gasteiger partial charge >= 0.3 is 0 Å². The van der Waals surface area contributed by atoms with Crippen molar-refractivity contribution in [3.05, 3.63) is 0 Å². The van der Waals surface area contributed by atoms with Crippen LogP contribution in [-0.4, -0.2) is 42.5 Å². The second-order valence-electron chi connectivity index (χ2n) is 5.70. The Balaban J connectivity index is 1.68. The van der Waals surface area contributed by atoms with Crippen LogP contribution >= 0.6 is 11.6 Å². The highest BCUT2D eigenvalue weighted by Crippen LogP contribution is 2.49.